The van der Waals surface area contributed by atoms with E-state index in [0.29, 0.717) is 11.8 Å². The van der Waals surface area contributed by atoms with Gasteiger partial charge in [0.1, 0.15) is 5.76 Å². The normalized spacial score (nSPS) is 30.6. The van der Waals surface area contributed by atoms with Crippen LogP contribution in [0, 0.1) is 11.3 Å². The summed E-state index contributed by atoms with van der Waals surface area (Å²) in [6, 6.07) is 8.45. The van der Waals surface area contributed by atoms with Crippen LogP contribution < -0.4 is 10.6 Å². The van der Waals surface area contributed by atoms with Crippen molar-refractivity contribution in [3.8, 4) is 0 Å². The van der Waals surface area contributed by atoms with E-state index >= 15 is 0 Å². The number of benzene rings is 1. The van der Waals surface area contributed by atoms with Gasteiger partial charge in [0.2, 0.25) is 0 Å². The van der Waals surface area contributed by atoms with Gasteiger partial charge >= 0.3 is 0 Å². The number of allylic oxidation sites excluding steroid dienone is 1. The van der Waals surface area contributed by atoms with Gasteiger partial charge in [0.15, 0.2) is 0 Å². The summed E-state index contributed by atoms with van der Waals surface area (Å²) < 4.78 is 6.12. The van der Waals surface area contributed by atoms with Crippen LogP contribution in [0.4, 0.5) is 0 Å². The van der Waals surface area contributed by atoms with Crippen molar-refractivity contribution in [1.82, 2.24) is 10.6 Å². The first-order chi connectivity index (χ1) is 12.3. The van der Waals surface area contributed by atoms with Crippen molar-refractivity contribution in [3.63, 3.8) is 0 Å². The number of piperidine rings is 1. The van der Waals surface area contributed by atoms with Crippen LogP contribution in [0.3, 0.4) is 0 Å². The molecule has 25 heavy (non-hydrogen) atoms. The summed E-state index contributed by atoms with van der Waals surface area (Å²) in [5.74, 6) is 2.20. The van der Waals surface area contributed by atoms with Gasteiger partial charge in [-0.3, -0.25) is 4.79 Å². The van der Waals surface area contributed by atoms with Gasteiger partial charge in [-0.25, -0.2) is 0 Å². The smallest absolute Gasteiger partial charge is 0.255 e. The molecule has 4 aliphatic rings. The summed E-state index contributed by atoms with van der Waals surface area (Å²) in [6.07, 6.45) is 5.69. The Hall–Kier alpha value is -1.81. The zero-order chi connectivity index (χ0) is 16.9. The fourth-order valence-electron chi connectivity index (χ4n) is 5.17. The first-order valence-electron chi connectivity index (χ1n) is 9.75. The fraction of sp³-hybridized carbons (Fsp3) is 0.571. The van der Waals surface area contributed by atoms with Crippen LogP contribution in [0.1, 0.15) is 49.1 Å². The number of ether oxygens (including phenoxy) is 1. The molecule has 1 amide bonds. The van der Waals surface area contributed by atoms with Crippen LogP contribution >= 0.6 is 0 Å². The second-order valence-corrected chi connectivity index (χ2v) is 8.06. The largest absolute Gasteiger partial charge is 0.496 e. The molecule has 1 saturated carbocycles. The molecule has 2 saturated heterocycles. The maximum absolute atomic E-state index is 13.2. The standard InChI is InChI=1S/C21H26N2O2/c24-20(23-13-14-6-9-22-10-7-14)18-16-5-2-1-4-15(16)17-12-21(17)8-3-11-25-19(18)21/h1-2,4-5,14,17,22H,3,6-13H2,(H,23,24). The molecule has 1 aromatic rings. The summed E-state index contributed by atoms with van der Waals surface area (Å²) in [6.45, 7) is 3.64. The van der Waals surface area contributed by atoms with Gasteiger partial charge in [-0.15, -0.1) is 0 Å². The predicted molar refractivity (Wildman–Crippen MR) is 96.9 cm³/mol. The lowest BCUT2D eigenvalue weighted by Gasteiger charge is -2.33. The van der Waals surface area contributed by atoms with E-state index < -0.39 is 0 Å². The molecule has 4 heteroatoms. The van der Waals surface area contributed by atoms with Crippen molar-refractivity contribution in [2.45, 2.75) is 38.0 Å². The molecule has 2 aliphatic carbocycles. The predicted octanol–water partition coefficient (Wildman–Crippen LogP) is 2.81. The van der Waals surface area contributed by atoms with Gasteiger partial charge in [0, 0.05) is 12.0 Å². The number of hydrogen-bond donors (Lipinski definition) is 2. The summed E-state index contributed by atoms with van der Waals surface area (Å²) in [5, 5.41) is 6.61. The highest BCUT2D eigenvalue weighted by Gasteiger charge is 2.63. The minimum absolute atomic E-state index is 0.0626. The minimum Gasteiger partial charge on any atom is -0.496 e. The lowest BCUT2D eigenvalue weighted by molar-refractivity contribution is -0.116. The van der Waals surface area contributed by atoms with Crippen molar-refractivity contribution in [2.75, 3.05) is 26.2 Å². The first-order valence-corrected chi connectivity index (χ1v) is 9.75. The van der Waals surface area contributed by atoms with Crippen LogP contribution in [-0.2, 0) is 9.53 Å². The summed E-state index contributed by atoms with van der Waals surface area (Å²) in [5.41, 5.74) is 3.38. The van der Waals surface area contributed by atoms with Crippen molar-refractivity contribution >= 4 is 11.5 Å². The number of fused-ring (bicyclic) bond motifs is 2. The van der Waals surface area contributed by atoms with Crippen LogP contribution in [0.25, 0.3) is 5.57 Å². The molecule has 5 rings (SSSR count). The van der Waals surface area contributed by atoms with E-state index in [1.165, 1.54) is 5.56 Å². The molecular weight excluding hydrogens is 312 g/mol. The summed E-state index contributed by atoms with van der Waals surface area (Å²) in [4.78, 5) is 13.2. The van der Waals surface area contributed by atoms with E-state index in [1.54, 1.807) is 0 Å². The molecule has 0 radical (unpaired) electrons. The second-order valence-electron chi connectivity index (χ2n) is 8.06. The molecule has 0 aromatic heterocycles. The van der Waals surface area contributed by atoms with E-state index in [1.807, 2.05) is 6.07 Å². The van der Waals surface area contributed by atoms with Crippen molar-refractivity contribution < 1.29 is 9.53 Å². The number of amides is 1. The highest BCUT2D eigenvalue weighted by Crippen LogP contribution is 2.71. The van der Waals surface area contributed by atoms with Crippen molar-refractivity contribution in [1.29, 1.82) is 0 Å². The molecule has 1 spiro atoms. The fourth-order valence-corrected chi connectivity index (χ4v) is 5.17. The molecule has 3 fully saturated rings. The SMILES string of the molecule is O=C(NCC1CCNCC1)C1=C2OCCCC23CC3c2ccccc21. The molecule has 2 N–H and O–H groups in total. The third kappa shape index (κ3) is 2.42. The highest BCUT2D eigenvalue weighted by molar-refractivity contribution is 6.21. The Kier molecular flexibility index (Phi) is 3.63. The highest BCUT2D eigenvalue weighted by atomic mass is 16.5. The van der Waals surface area contributed by atoms with Gasteiger partial charge < -0.3 is 15.4 Å². The van der Waals surface area contributed by atoms with Crippen LogP contribution in [-0.4, -0.2) is 32.1 Å². The molecule has 0 bridgehead atoms. The molecule has 2 heterocycles. The monoisotopic (exact) mass is 338 g/mol. The van der Waals surface area contributed by atoms with Gasteiger partial charge in [-0.05, 0) is 68.2 Å². The Morgan fingerprint density at radius 3 is 3.00 bits per heavy atom. The Balaban J connectivity index is 1.45. The van der Waals surface area contributed by atoms with Crippen molar-refractivity contribution in [3.05, 3.63) is 41.2 Å². The van der Waals surface area contributed by atoms with Gasteiger partial charge in [-0.1, -0.05) is 24.3 Å². The van der Waals surface area contributed by atoms with Crippen LogP contribution in [0.2, 0.25) is 0 Å². The number of hydrogen-bond acceptors (Lipinski definition) is 3. The number of rotatable bonds is 3. The Labute approximate surface area is 149 Å². The van der Waals surface area contributed by atoms with Gasteiger partial charge in [0.05, 0.1) is 12.2 Å². The molecule has 2 atom stereocenters. The van der Waals surface area contributed by atoms with Crippen molar-refractivity contribution in [2.24, 2.45) is 11.3 Å². The Bertz CT molecular complexity index is 735. The molecule has 2 aliphatic heterocycles. The lowest BCUT2D eigenvalue weighted by atomic mass is 9.79. The van der Waals surface area contributed by atoms with Gasteiger partial charge in [-0.2, -0.15) is 0 Å². The minimum atomic E-state index is 0.0626. The number of carbonyl (C=O) groups excluding carboxylic acids is 1. The average Bonchev–Trinajstić information content (AvgIpc) is 3.39. The van der Waals surface area contributed by atoms with Crippen LogP contribution in [0.5, 0.6) is 0 Å². The average molecular weight is 338 g/mol. The number of nitrogens with one attached hydrogen (secondary N) is 2. The summed E-state index contributed by atoms with van der Waals surface area (Å²) in [7, 11) is 0. The molecular formula is C21H26N2O2. The van der Waals surface area contributed by atoms with E-state index in [2.05, 4.69) is 28.8 Å². The quantitative estimate of drug-likeness (QED) is 0.891. The molecule has 132 valence electrons. The Morgan fingerprint density at radius 1 is 1.28 bits per heavy atom. The summed E-state index contributed by atoms with van der Waals surface area (Å²) >= 11 is 0. The maximum Gasteiger partial charge on any atom is 0.255 e. The maximum atomic E-state index is 13.2. The third-order valence-corrected chi connectivity index (χ3v) is 6.61. The third-order valence-electron chi connectivity index (χ3n) is 6.61. The second kappa shape index (κ2) is 5.87. The Morgan fingerprint density at radius 2 is 2.12 bits per heavy atom. The molecule has 1 aromatic carbocycles. The van der Waals surface area contributed by atoms with E-state index in [4.69, 9.17) is 4.74 Å². The lowest BCUT2D eigenvalue weighted by Crippen LogP contribution is -2.37. The number of carbonyl (C=O) groups is 1. The molecule has 2 unspecified atom stereocenters. The van der Waals surface area contributed by atoms with E-state index in [9.17, 15) is 4.79 Å². The topological polar surface area (TPSA) is 50.4 Å². The van der Waals surface area contributed by atoms with E-state index in [-0.39, 0.29) is 11.3 Å². The van der Waals surface area contributed by atoms with Gasteiger partial charge in [0.25, 0.3) is 5.91 Å². The van der Waals surface area contributed by atoms with E-state index in [0.717, 1.165) is 75.2 Å². The zero-order valence-electron chi connectivity index (χ0n) is 14.6. The zero-order valence-corrected chi connectivity index (χ0v) is 14.6. The molecule has 4 nitrogen and oxygen atoms in total. The first kappa shape index (κ1) is 15.4. The van der Waals surface area contributed by atoms with Crippen LogP contribution in [0.15, 0.2) is 30.0 Å².